The van der Waals surface area contributed by atoms with Gasteiger partial charge in [0.15, 0.2) is 0 Å². The Morgan fingerprint density at radius 1 is 0.692 bits per heavy atom. The molecule has 5 rings (SSSR count). The van der Waals surface area contributed by atoms with Gasteiger partial charge in [0.25, 0.3) is 0 Å². The van der Waals surface area contributed by atoms with Gasteiger partial charge in [0.2, 0.25) is 0 Å². The van der Waals surface area contributed by atoms with E-state index in [2.05, 4.69) is 78.5 Å². The molecule has 0 aromatic heterocycles. The Kier molecular flexibility index (Phi) is 2.80. The molecule has 0 amide bonds. The van der Waals surface area contributed by atoms with Gasteiger partial charge in [0.05, 0.1) is 5.54 Å². The maximum Gasteiger partial charge on any atom is 0.0971 e. The average Bonchev–Trinajstić information content (AvgIpc) is 3.03. The summed E-state index contributed by atoms with van der Waals surface area (Å²) in [6.07, 6.45) is 0. The minimum atomic E-state index is -0.666. The van der Waals surface area contributed by atoms with Crippen LogP contribution in [0.25, 0.3) is 32.7 Å². The fraction of sp³-hybridized carbons (Fsp3) is 0.217. The largest absolute Gasteiger partial charge is 0.0971 e. The van der Waals surface area contributed by atoms with Gasteiger partial charge in [-0.2, -0.15) is 0 Å². The summed E-state index contributed by atoms with van der Waals surface area (Å²) in [7, 11) is 0. The molecule has 0 N–H and O–H groups in total. The van der Waals surface area contributed by atoms with E-state index >= 15 is 0 Å². The fourth-order valence-corrected chi connectivity index (χ4v) is 4.86. The predicted molar refractivity (Wildman–Crippen MR) is 105 cm³/mol. The number of rotatable bonds is 1. The lowest BCUT2D eigenvalue weighted by atomic mass is 9.80. The van der Waals surface area contributed by atoms with E-state index in [1.165, 1.54) is 33.4 Å². The molecule has 3 nitrogen and oxygen atoms in total. The molecule has 0 saturated carbocycles. The summed E-state index contributed by atoms with van der Waals surface area (Å²) in [5.41, 5.74) is 18.3. The second-order valence-corrected chi connectivity index (χ2v) is 7.92. The first-order valence-electron chi connectivity index (χ1n) is 8.93. The van der Waals surface area contributed by atoms with Crippen molar-refractivity contribution in [3.63, 3.8) is 0 Å². The lowest BCUT2D eigenvalue weighted by Gasteiger charge is -2.25. The molecule has 1 atom stereocenters. The first-order valence-corrected chi connectivity index (χ1v) is 8.93. The summed E-state index contributed by atoms with van der Waals surface area (Å²) < 4.78 is 0. The van der Waals surface area contributed by atoms with Crippen molar-refractivity contribution in [3.05, 3.63) is 93.4 Å². The highest BCUT2D eigenvalue weighted by Gasteiger charge is 2.43. The summed E-state index contributed by atoms with van der Waals surface area (Å²) in [6.45, 7) is 6.58. The van der Waals surface area contributed by atoms with Gasteiger partial charge in [-0.25, -0.2) is 0 Å². The lowest BCUT2D eigenvalue weighted by Crippen LogP contribution is -2.19. The molecule has 0 spiro atoms. The van der Waals surface area contributed by atoms with Crippen molar-refractivity contribution in [1.29, 1.82) is 0 Å². The number of nitrogens with zero attached hydrogens (tertiary/aromatic N) is 3. The molecule has 3 aromatic rings. The normalized spacial score (nSPS) is 20.6. The maximum absolute atomic E-state index is 9.24. The highest BCUT2D eigenvalue weighted by molar-refractivity contribution is 5.90. The van der Waals surface area contributed by atoms with Gasteiger partial charge in [0, 0.05) is 10.3 Å². The van der Waals surface area contributed by atoms with Gasteiger partial charge in [-0.05, 0) is 63.0 Å². The zero-order chi connectivity index (χ0) is 18.1. The molecule has 26 heavy (non-hydrogen) atoms. The van der Waals surface area contributed by atoms with Crippen LogP contribution >= 0.6 is 0 Å². The van der Waals surface area contributed by atoms with E-state index in [1.54, 1.807) is 0 Å². The minimum absolute atomic E-state index is 0.0625. The van der Waals surface area contributed by atoms with E-state index in [0.29, 0.717) is 0 Å². The summed E-state index contributed by atoms with van der Waals surface area (Å²) in [6, 6.07) is 21.5. The van der Waals surface area contributed by atoms with Crippen LogP contribution in [-0.4, -0.2) is 0 Å². The number of hydrogen-bond acceptors (Lipinski definition) is 1. The highest BCUT2D eigenvalue weighted by Crippen LogP contribution is 2.56. The molecule has 0 bridgehead atoms. The van der Waals surface area contributed by atoms with Crippen molar-refractivity contribution in [2.24, 2.45) is 5.11 Å². The first-order chi connectivity index (χ1) is 12.5. The quantitative estimate of drug-likeness (QED) is 0.275. The molecule has 0 heterocycles. The van der Waals surface area contributed by atoms with Gasteiger partial charge in [0.1, 0.15) is 0 Å². The summed E-state index contributed by atoms with van der Waals surface area (Å²) in [4.78, 5) is 3.18. The zero-order valence-electron chi connectivity index (χ0n) is 15.1. The Morgan fingerprint density at radius 2 is 1.27 bits per heavy atom. The number of fused-ring (bicyclic) bond motifs is 6. The maximum atomic E-state index is 9.24. The van der Waals surface area contributed by atoms with Crippen LogP contribution in [0, 0.1) is 0 Å². The number of benzene rings is 3. The smallest absolute Gasteiger partial charge is 0.0780 e. The summed E-state index contributed by atoms with van der Waals surface area (Å²) >= 11 is 0. The Morgan fingerprint density at radius 3 is 1.96 bits per heavy atom. The SMILES string of the molecule is CC1(C)c2ccccc2-c2cc3c(cc21)C(C)(N=[N+]=[N-])c1ccccc1-3. The van der Waals surface area contributed by atoms with E-state index in [4.69, 9.17) is 0 Å². The van der Waals surface area contributed by atoms with E-state index < -0.39 is 5.54 Å². The molecule has 126 valence electrons. The second-order valence-electron chi connectivity index (χ2n) is 7.92. The van der Waals surface area contributed by atoms with E-state index in [-0.39, 0.29) is 5.41 Å². The molecule has 2 aliphatic carbocycles. The Bertz CT molecular complexity index is 1140. The van der Waals surface area contributed by atoms with Crippen LogP contribution in [0.3, 0.4) is 0 Å². The van der Waals surface area contributed by atoms with E-state index in [0.717, 1.165) is 11.1 Å². The van der Waals surface area contributed by atoms with Crippen LogP contribution in [0.15, 0.2) is 65.8 Å². The molecule has 2 aliphatic rings. The lowest BCUT2D eigenvalue weighted by molar-refractivity contribution is 0.608. The minimum Gasteiger partial charge on any atom is -0.0780 e. The standard InChI is InChI=1S/C23H19N3/c1-22(2)18-10-6-4-8-14(18)16-12-17-15-9-5-7-11-19(15)23(3,25-26-24)21(17)13-20(16)22/h4-13H,1-3H3. The number of hydrogen-bond donors (Lipinski definition) is 0. The average molecular weight is 337 g/mol. The predicted octanol–water partition coefficient (Wildman–Crippen LogP) is 6.55. The molecular weight excluding hydrogens is 318 g/mol. The van der Waals surface area contributed by atoms with Crippen LogP contribution in [0.5, 0.6) is 0 Å². The Labute approximate surface area is 152 Å². The van der Waals surface area contributed by atoms with Crippen LogP contribution in [0.2, 0.25) is 0 Å². The van der Waals surface area contributed by atoms with Gasteiger partial charge >= 0.3 is 0 Å². The van der Waals surface area contributed by atoms with Crippen molar-refractivity contribution in [1.82, 2.24) is 0 Å². The number of azide groups is 1. The van der Waals surface area contributed by atoms with Crippen LogP contribution in [-0.2, 0) is 11.0 Å². The van der Waals surface area contributed by atoms with Gasteiger partial charge in [-0.15, -0.1) is 0 Å². The van der Waals surface area contributed by atoms with Crippen LogP contribution in [0.4, 0.5) is 0 Å². The Balaban J connectivity index is 1.90. The summed E-state index contributed by atoms with van der Waals surface area (Å²) in [5, 5.41) is 4.24. The molecule has 3 heteroatoms. The second kappa shape index (κ2) is 4.78. The molecule has 1 unspecified atom stereocenters. The van der Waals surface area contributed by atoms with Crippen molar-refractivity contribution >= 4 is 0 Å². The molecule has 0 radical (unpaired) electrons. The van der Waals surface area contributed by atoms with E-state index in [9.17, 15) is 5.53 Å². The van der Waals surface area contributed by atoms with Gasteiger partial charge in [-0.1, -0.05) is 73.6 Å². The third kappa shape index (κ3) is 1.66. The third-order valence-corrected chi connectivity index (χ3v) is 6.23. The third-order valence-electron chi connectivity index (χ3n) is 6.23. The molecule has 3 aromatic carbocycles. The van der Waals surface area contributed by atoms with Crippen LogP contribution < -0.4 is 0 Å². The fourth-order valence-electron chi connectivity index (χ4n) is 4.86. The zero-order valence-corrected chi connectivity index (χ0v) is 15.1. The topological polar surface area (TPSA) is 48.8 Å². The van der Waals surface area contributed by atoms with Crippen molar-refractivity contribution < 1.29 is 0 Å². The van der Waals surface area contributed by atoms with Crippen molar-refractivity contribution in [2.45, 2.75) is 31.7 Å². The van der Waals surface area contributed by atoms with Gasteiger partial charge < -0.3 is 0 Å². The molecule has 0 fully saturated rings. The molecule has 0 saturated heterocycles. The monoisotopic (exact) mass is 337 g/mol. The van der Waals surface area contributed by atoms with Crippen molar-refractivity contribution in [2.75, 3.05) is 0 Å². The van der Waals surface area contributed by atoms with E-state index in [1.807, 2.05) is 13.0 Å². The van der Waals surface area contributed by atoms with Gasteiger partial charge in [-0.3, -0.25) is 0 Å². The molecule has 0 aliphatic heterocycles. The Hall–Kier alpha value is -3.03. The molecular formula is C23H19N3. The summed E-state index contributed by atoms with van der Waals surface area (Å²) in [5.74, 6) is 0. The first kappa shape index (κ1) is 15.2. The highest BCUT2D eigenvalue weighted by atomic mass is 15.2. The van der Waals surface area contributed by atoms with Crippen LogP contribution in [0.1, 0.15) is 43.0 Å². The van der Waals surface area contributed by atoms with Crippen molar-refractivity contribution in [3.8, 4) is 22.3 Å².